The number of ketones is 1. The van der Waals surface area contributed by atoms with E-state index in [1.807, 2.05) is 0 Å². The van der Waals surface area contributed by atoms with Gasteiger partial charge in [-0.15, -0.1) is 10.2 Å². The van der Waals surface area contributed by atoms with E-state index >= 15 is 0 Å². The third-order valence-corrected chi connectivity index (χ3v) is 4.90. The van der Waals surface area contributed by atoms with Gasteiger partial charge in [-0.3, -0.25) is 25.3 Å². The quantitative estimate of drug-likeness (QED) is 0.109. The second-order valence-corrected chi connectivity index (χ2v) is 7.18. The van der Waals surface area contributed by atoms with Crippen molar-refractivity contribution in [1.29, 1.82) is 0 Å². The topological polar surface area (TPSA) is 136 Å². The molecule has 0 aliphatic heterocycles. The third-order valence-electron chi connectivity index (χ3n) is 4.09. The van der Waals surface area contributed by atoms with Gasteiger partial charge in [0, 0.05) is 30.1 Å². The Kier molecular flexibility index (Phi) is 6.28. The van der Waals surface area contributed by atoms with E-state index in [9.17, 15) is 14.9 Å². The molecule has 11 heteroatoms. The summed E-state index contributed by atoms with van der Waals surface area (Å²) in [5, 5.41) is 23.1. The van der Waals surface area contributed by atoms with Crippen LogP contribution in [-0.2, 0) is 0 Å². The number of hydrogen-bond acceptors (Lipinski definition) is 10. The molecule has 0 amide bonds. The fraction of sp³-hybridized carbons (Fsp3) is 0. The molecule has 0 saturated heterocycles. The molecule has 32 heavy (non-hydrogen) atoms. The number of carbonyl (C=O) groups excluding carboxylic acids is 1. The summed E-state index contributed by atoms with van der Waals surface area (Å²) in [7, 11) is 0. The Balaban J connectivity index is 1.59. The average molecular weight is 446 g/mol. The van der Waals surface area contributed by atoms with Gasteiger partial charge in [-0.25, -0.2) is 0 Å². The van der Waals surface area contributed by atoms with Crippen LogP contribution in [0.5, 0.6) is 0 Å². The number of non-ortho nitro benzene ring substituents is 1. The first-order valence-electron chi connectivity index (χ1n) is 9.20. The van der Waals surface area contributed by atoms with Gasteiger partial charge in [0.25, 0.3) is 10.9 Å². The van der Waals surface area contributed by atoms with Gasteiger partial charge in [0.1, 0.15) is 0 Å². The molecule has 0 radical (unpaired) electrons. The molecule has 4 aromatic rings. The smallest absolute Gasteiger partial charge is 0.283 e. The minimum absolute atomic E-state index is 0.0518. The van der Waals surface area contributed by atoms with Gasteiger partial charge in [0.05, 0.1) is 16.2 Å². The number of aromatic nitrogens is 3. The number of hydrazone groups is 1. The summed E-state index contributed by atoms with van der Waals surface area (Å²) in [6.45, 7) is 0. The summed E-state index contributed by atoms with van der Waals surface area (Å²) in [5.74, 6) is -0.0958. The van der Waals surface area contributed by atoms with Crippen LogP contribution >= 0.6 is 11.8 Å². The van der Waals surface area contributed by atoms with E-state index < -0.39 is 4.92 Å². The SMILES string of the molecule is O=C(/C(=N/Nc1ccc([N+](=O)[O-])cc1)Sc1nnc(-c2cccnc2)o1)c1ccccc1. The van der Waals surface area contributed by atoms with Crippen molar-refractivity contribution < 1.29 is 14.1 Å². The number of thioether (sulfide) groups is 1. The molecule has 0 unspecified atom stereocenters. The summed E-state index contributed by atoms with van der Waals surface area (Å²) in [6, 6.07) is 17.8. The Morgan fingerprint density at radius 1 is 1.03 bits per heavy atom. The lowest BCUT2D eigenvalue weighted by Crippen LogP contribution is -2.13. The highest BCUT2D eigenvalue weighted by molar-refractivity contribution is 8.15. The van der Waals surface area contributed by atoms with E-state index in [1.165, 1.54) is 24.3 Å². The minimum atomic E-state index is -0.497. The number of Topliss-reactive ketones (excluding diaryl/α,β-unsaturated/α-hetero) is 1. The first-order valence-corrected chi connectivity index (χ1v) is 10.0. The Bertz CT molecular complexity index is 1260. The van der Waals surface area contributed by atoms with E-state index in [-0.39, 0.29) is 27.6 Å². The van der Waals surface area contributed by atoms with Crippen LogP contribution in [0.2, 0.25) is 0 Å². The Morgan fingerprint density at radius 3 is 2.50 bits per heavy atom. The highest BCUT2D eigenvalue weighted by atomic mass is 32.2. The lowest BCUT2D eigenvalue weighted by molar-refractivity contribution is -0.384. The van der Waals surface area contributed by atoms with Crippen molar-refractivity contribution >= 4 is 34.0 Å². The predicted octanol–water partition coefficient (Wildman–Crippen LogP) is 4.44. The number of nitrogens with zero attached hydrogens (tertiary/aromatic N) is 5. The Morgan fingerprint density at radius 2 is 1.81 bits per heavy atom. The molecule has 2 aromatic carbocycles. The fourth-order valence-corrected chi connectivity index (χ4v) is 3.22. The lowest BCUT2D eigenvalue weighted by Gasteiger charge is -2.05. The second-order valence-electron chi connectivity index (χ2n) is 6.24. The van der Waals surface area contributed by atoms with Gasteiger partial charge >= 0.3 is 0 Å². The summed E-state index contributed by atoms with van der Waals surface area (Å²) < 4.78 is 5.65. The molecule has 2 aromatic heterocycles. The van der Waals surface area contributed by atoms with Gasteiger partial charge in [-0.1, -0.05) is 30.3 Å². The second kappa shape index (κ2) is 9.62. The van der Waals surface area contributed by atoms with Crippen molar-refractivity contribution in [3.63, 3.8) is 0 Å². The monoisotopic (exact) mass is 446 g/mol. The van der Waals surface area contributed by atoms with E-state index in [4.69, 9.17) is 4.42 Å². The maximum absolute atomic E-state index is 13.0. The first kappa shape index (κ1) is 20.9. The van der Waals surface area contributed by atoms with Crippen molar-refractivity contribution in [2.24, 2.45) is 5.10 Å². The van der Waals surface area contributed by atoms with Gasteiger partial charge in [0.15, 0.2) is 5.04 Å². The molecule has 0 bridgehead atoms. The van der Waals surface area contributed by atoms with Crippen LogP contribution in [0.4, 0.5) is 11.4 Å². The molecule has 1 N–H and O–H groups in total. The number of carbonyl (C=O) groups is 1. The van der Waals surface area contributed by atoms with Crippen LogP contribution in [0.1, 0.15) is 10.4 Å². The van der Waals surface area contributed by atoms with E-state index in [1.54, 1.807) is 54.9 Å². The van der Waals surface area contributed by atoms with E-state index in [0.29, 0.717) is 16.8 Å². The van der Waals surface area contributed by atoms with Gasteiger partial charge in [-0.05, 0) is 36.0 Å². The van der Waals surface area contributed by atoms with Gasteiger partial charge in [-0.2, -0.15) is 5.10 Å². The van der Waals surface area contributed by atoms with Crippen molar-refractivity contribution in [2.75, 3.05) is 5.43 Å². The molecular formula is C21H14N6O4S. The van der Waals surface area contributed by atoms with Crippen molar-refractivity contribution in [3.8, 4) is 11.5 Å². The van der Waals surface area contributed by atoms with Crippen LogP contribution in [0.15, 0.2) is 93.9 Å². The minimum Gasteiger partial charge on any atom is -0.411 e. The normalized spacial score (nSPS) is 11.2. The maximum atomic E-state index is 13.0. The fourth-order valence-electron chi connectivity index (χ4n) is 2.55. The Labute approximate surface area is 185 Å². The molecule has 0 aliphatic carbocycles. The molecule has 0 atom stereocenters. The summed E-state index contributed by atoms with van der Waals surface area (Å²) >= 11 is 0.903. The van der Waals surface area contributed by atoms with Gasteiger partial charge in [0.2, 0.25) is 11.7 Å². The highest BCUT2D eigenvalue weighted by Crippen LogP contribution is 2.25. The summed E-state index contributed by atoms with van der Waals surface area (Å²) in [4.78, 5) is 27.3. The zero-order valence-electron chi connectivity index (χ0n) is 16.3. The predicted molar refractivity (Wildman–Crippen MR) is 118 cm³/mol. The molecule has 4 rings (SSSR count). The highest BCUT2D eigenvalue weighted by Gasteiger charge is 2.20. The number of nitro groups is 1. The molecular weight excluding hydrogens is 432 g/mol. The summed E-state index contributed by atoms with van der Waals surface area (Å²) in [6.07, 6.45) is 3.21. The van der Waals surface area contributed by atoms with Crippen LogP contribution in [0.3, 0.4) is 0 Å². The number of benzene rings is 2. The van der Waals surface area contributed by atoms with Crippen molar-refractivity contribution in [2.45, 2.75) is 5.22 Å². The lowest BCUT2D eigenvalue weighted by atomic mass is 10.1. The zero-order chi connectivity index (χ0) is 22.3. The van der Waals surface area contributed by atoms with E-state index in [2.05, 4.69) is 25.7 Å². The van der Waals surface area contributed by atoms with Gasteiger partial charge < -0.3 is 4.42 Å². The molecule has 0 spiro atoms. The standard InChI is InChI=1S/C21H14N6O4S/c28-18(14-5-2-1-3-6-14)20(25-23-16-8-10-17(11-9-16)27(29)30)32-21-26-24-19(31-21)15-7-4-12-22-13-15/h1-13,23H/b25-20-. The number of rotatable bonds is 7. The van der Waals surface area contributed by atoms with Crippen LogP contribution in [0, 0.1) is 10.1 Å². The third kappa shape index (κ3) is 5.02. The molecule has 0 aliphatic rings. The average Bonchev–Trinajstić information content (AvgIpc) is 3.31. The number of nitrogens with one attached hydrogen (secondary N) is 1. The first-order chi connectivity index (χ1) is 15.6. The number of anilines is 1. The Hall–Kier alpha value is -4.38. The van der Waals surface area contributed by atoms with Crippen LogP contribution in [0.25, 0.3) is 11.5 Å². The molecule has 10 nitrogen and oxygen atoms in total. The van der Waals surface area contributed by atoms with E-state index in [0.717, 1.165) is 11.8 Å². The number of pyridine rings is 1. The molecule has 0 fully saturated rings. The van der Waals surface area contributed by atoms with Crippen LogP contribution in [-0.4, -0.2) is 30.9 Å². The number of nitro benzene ring substituents is 1. The van der Waals surface area contributed by atoms with Crippen molar-refractivity contribution in [3.05, 3.63) is 94.8 Å². The zero-order valence-corrected chi connectivity index (χ0v) is 17.1. The number of hydrogen-bond donors (Lipinski definition) is 1. The molecule has 0 saturated carbocycles. The van der Waals surface area contributed by atoms with Crippen LogP contribution < -0.4 is 5.43 Å². The van der Waals surface area contributed by atoms with Crippen molar-refractivity contribution in [1.82, 2.24) is 15.2 Å². The molecule has 158 valence electrons. The largest absolute Gasteiger partial charge is 0.411 e. The molecule has 2 heterocycles. The summed E-state index contributed by atoms with van der Waals surface area (Å²) in [5.41, 5.74) is 4.23. The maximum Gasteiger partial charge on any atom is 0.283 e.